The van der Waals surface area contributed by atoms with Gasteiger partial charge in [0.2, 0.25) is 0 Å². The molecule has 0 radical (unpaired) electrons. The lowest BCUT2D eigenvalue weighted by molar-refractivity contribution is -0.139. The lowest BCUT2D eigenvalue weighted by Crippen LogP contribution is -2.34. The molecule has 9 heteroatoms. The average molecular weight is 556 g/mol. The zero-order valence-corrected chi connectivity index (χ0v) is 22.3. The molecule has 2 aliphatic rings. The summed E-state index contributed by atoms with van der Waals surface area (Å²) in [5.41, 5.74) is 4.54. The smallest absolute Gasteiger partial charge is 0.338 e. The van der Waals surface area contributed by atoms with Crippen molar-refractivity contribution in [2.45, 2.75) is 33.7 Å². The Morgan fingerprint density at radius 2 is 1.97 bits per heavy atom. The summed E-state index contributed by atoms with van der Waals surface area (Å²) in [4.78, 5) is 32.2. The zero-order valence-electron chi connectivity index (χ0n) is 19.9. The second-order valence-electron chi connectivity index (χ2n) is 8.16. The molecule has 1 atom stereocenters. The number of benzene rings is 2. The molecule has 2 aliphatic heterocycles. The first-order valence-corrected chi connectivity index (χ1v) is 12.8. The maximum absolute atomic E-state index is 13.0. The van der Waals surface area contributed by atoms with Gasteiger partial charge in [-0.25, -0.2) is 9.79 Å². The Morgan fingerprint density at radius 1 is 1.17 bits per heavy atom. The van der Waals surface area contributed by atoms with Gasteiger partial charge in [-0.3, -0.25) is 4.79 Å². The number of carbonyl (C=O) groups excluding carboxylic acids is 2. The number of aliphatic imine (C=N–C) groups is 1. The monoisotopic (exact) mass is 555 g/mol. The van der Waals surface area contributed by atoms with Crippen molar-refractivity contribution >= 4 is 50.4 Å². The van der Waals surface area contributed by atoms with Crippen molar-refractivity contribution in [3.8, 4) is 5.75 Å². The highest BCUT2D eigenvalue weighted by molar-refractivity contribution is 9.10. The number of ether oxygens (including phenoxy) is 2. The number of hydrogen-bond acceptors (Lipinski definition) is 7. The number of anilines is 1. The van der Waals surface area contributed by atoms with Crippen LogP contribution in [0.2, 0.25) is 0 Å². The number of carbonyl (C=O) groups is 2. The first-order chi connectivity index (χ1) is 16.8. The molecule has 0 aromatic heterocycles. The largest absolute Gasteiger partial charge is 0.483 e. The minimum atomic E-state index is -0.512. The van der Waals surface area contributed by atoms with Crippen LogP contribution >= 0.6 is 27.7 Å². The van der Waals surface area contributed by atoms with Gasteiger partial charge in [0.1, 0.15) is 5.75 Å². The summed E-state index contributed by atoms with van der Waals surface area (Å²) in [6, 6.07) is 10.9. The van der Waals surface area contributed by atoms with Crippen LogP contribution in [0.25, 0.3) is 0 Å². The van der Waals surface area contributed by atoms with Gasteiger partial charge in [-0.05, 0) is 68.5 Å². The molecule has 2 heterocycles. The molecule has 2 aromatic carbocycles. The third kappa shape index (κ3) is 5.46. The third-order valence-electron chi connectivity index (χ3n) is 5.61. The molecule has 182 valence electrons. The molecule has 1 amide bonds. The van der Waals surface area contributed by atoms with E-state index < -0.39 is 12.0 Å². The number of aryl methyl sites for hydroxylation is 2. The second kappa shape index (κ2) is 10.7. The van der Waals surface area contributed by atoms with Crippen LogP contribution in [0.4, 0.5) is 5.69 Å². The highest BCUT2D eigenvalue weighted by Crippen LogP contribution is 2.44. The predicted octanol–water partition coefficient (Wildman–Crippen LogP) is 5.85. The number of nitrogens with zero attached hydrogens (tertiary/aromatic N) is 2. The van der Waals surface area contributed by atoms with Crippen molar-refractivity contribution in [3.63, 3.8) is 0 Å². The van der Waals surface area contributed by atoms with Gasteiger partial charge >= 0.3 is 5.97 Å². The molecule has 7 nitrogen and oxygen atoms in total. The minimum absolute atomic E-state index is 0.183. The normalized spacial score (nSPS) is 16.7. The van der Waals surface area contributed by atoms with Crippen molar-refractivity contribution in [2.24, 2.45) is 4.99 Å². The van der Waals surface area contributed by atoms with Crippen LogP contribution in [0, 0.1) is 13.8 Å². The van der Waals surface area contributed by atoms with Gasteiger partial charge < -0.3 is 19.7 Å². The topological polar surface area (TPSA) is 80.2 Å². The van der Waals surface area contributed by atoms with Crippen molar-refractivity contribution in [1.29, 1.82) is 0 Å². The van der Waals surface area contributed by atoms with Gasteiger partial charge in [-0.2, -0.15) is 0 Å². The van der Waals surface area contributed by atoms with Crippen molar-refractivity contribution in [1.82, 2.24) is 4.90 Å². The van der Waals surface area contributed by atoms with Gasteiger partial charge in [0, 0.05) is 21.9 Å². The van der Waals surface area contributed by atoms with E-state index in [0.717, 1.165) is 32.0 Å². The van der Waals surface area contributed by atoms with Crippen molar-refractivity contribution in [2.75, 3.05) is 18.5 Å². The Balaban J connectivity index is 1.64. The summed E-state index contributed by atoms with van der Waals surface area (Å²) in [6.45, 7) is 7.57. The predicted molar refractivity (Wildman–Crippen MR) is 142 cm³/mol. The number of allylic oxidation sites excluding steroid dienone is 1. The van der Waals surface area contributed by atoms with Crippen LogP contribution in [0.5, 0.6) is 5.75 Å². The number of fused-ring (bicyclic) bond motifs is 1. The van der Waals surface area contributed by atoms with E-state index >= 15 is 0 Å². The molecule has 0 bridgehead atoms. The van der Waals surface area contributed by atoms with Crippen LogP contribution in [0.3, 0.4) is 0 Å². The van der Waals surface area contributed by atoms with E-state index in [1.165, 1.54) is 11.8 Å². The molecule has 0 saturated heterocycles. The maximum atomic E-state index is 13.0. The molecular formula is C26H26BrN3O4S. The minimum Gasteiger partial charge on any atom is -0.483 e. The SMILES string of the molecule is CCOC(=O)C1=C(C)N=C2SC=CN2[C@H]1c1cc(Br)ccc1OCC(=O)Nc1cc(C)ccc1C. The number of esters is 1. The third-order valence-corrected chi connectivity index (χ3v) is 6.87. The Morgan fingerprint density at radius 3 is 2.74 bits per heavy atom. The summed E-state index contributed by atoms with van der Waals surface area (Å²) in [5.74, 6) is -0.204. The summed E-state index contributed by atoms with van der Waals surface area (Å²) < 4.78 is 12.2. The van der Waals surface area contributed by atoms with E-state index in [2.05, 4.69) is 26.2 Å². The van der Waals surface area contributed by atoms with Gasteiger partial charge in [-0.15, -0.1) is 0 Å². The molecule has 0 spiro atoms. The maximum Gasteiger partial charge on any atom is 0.338 e. The number of nitrogens with one attached hydrogen (secondary N) is 1. The summed E-state index contributed by atoms with van der Waals surface area (Å²) in [7, 11) is 0. The highest BCUT2D eigenvalue weighted by atomic mass is 79.9. The van der Waals surface area contributed by atoms with E-state index in [9.17, 15) is 9.59 Å². The average Bonchev–Trinajstić information content (AvgIpc) is 3.28. The summed E-state index contributed by atoms with van der Waals surface area (Å²) in [6.07, 6.45) is 1.89. The number of amidine groups is 1. The van der Waals surface area contributed by atoms with Crippen molar-refractivity contribution < 1.29 is 19.1 Å². The number of thioether (sulfide) groups is 1. The molecule has 2 aromatic rings. The van der Waals surface area contributed by atoms with Crippen LogP contribution < -0.4 is 10.1 Å². The van der Waals surface area contributed by atoms with Crippen LogP contribution in [0.1, 0.15) is 36.6 Å². The lowest BCUT2D eigenvalue weighted by atomic mass is 9.94. The fourth-order valence-corrected chi connectivity index (χ4v) is 5.11. The Kier molecular flexibility index (Phi) is 7.66. The quantitative estimate of drug-likeness (QED) is 0.431. The molecule has 0 aliphatic carbocycles. The standard InChI is InChI=1S/C26H26BrN3O4S/c1-5-33-25(32)23-17(4)28-26-30(10-11-35-26)24(23)19-13-18(27)8-9-21(19)34-14-22(31)29-20-12-15(2)6-7-16(20)3/h6-13,24H,5,14H2,1-4H3,(H,29,31)/t24-/m0/s1. The van der Waals surface area contributed by atoms with Gasteiger partial charge in [-0.1, -0.05) is 39.8 Å². The second-order valence-corrected chi connectivity index (χ2v) is 9.95. The fraction of sp³-hybridized carbons (Fsp3) is 0.269. The number of amides is 1. The van der Waals surface area contributed by atoms with E-state index in [1.807, 2.05) is 60.7 Å². The van der Waals surface area contributed by atoms with Crippen LogP contribution in [0.15, 0.2) is 68.7 Å². The van der Waals surface area contributed by atoms with Crippen LogP contribution in [-0.4, -0.2) is 35.2 Å². The highest BCUT2D eigenvalue weighted by Gasteiger charge is 2.39. The Labute approximate surface area is 217 Å². The first kappa shape index (κ1) is 25.1. The lowest BCUT2D eigenvalue weighted by Gasteiger charge is -2.34. The molecule has 0 fully saturated rings. The van der Waals surface area contributed by atoms with E-state index in [0.29, 0.717) is 17.0 Å². The van der Waals surface area contributed by atoms with Gasteiger partial charge in [0.05, 0.1) is 23.9 Å². The fourth-order valence-electron chi connectivity index (χ4n) is 3.94. The number of rotatable bonds is 7. The first-order valence-electron chi connectivity index (χ1n) is 11.2. The molecular weight excluding hydrogens is 530 g/mol. The summed E-state index contributed by atoms with van der Waals surface area (Å²) in [5, 5.41) is 5.60. The summed E-state index contributed by atoms with van der Waals surface area (Å²) >= 11 is 5.02. The van der Waals surface area contributed by atoms with Gasteiger partial charge in [0.25, 0.3) is 5.91 Å². The number of hydrogen-bond donors (Lipinski definition) is 1. The molecule has 0 saturated carbocycles. The zero-order chi connectivity index (χ0) is 25.1. The van der Waals surface area contributed by atoms with E-state index in [4.69, 9.17) is 9.47 Å². The Bertz CT molecular complexity index is 1270. The molecule has 4 rings (SSSR count). The van der Waals surface area contributed by atoms with E-state index in [1.54, 1.807) is 19.9 Å². The number of halogens is 1. The van der Waals surface area contributed by atoms with E-state index in [-0.39, 0.29) is 19.1 Å². The molecule has 35 heavy (non-hydrogen) atoms. The van der Waals surface area contributed by atoms with Gasteiger partial charge in [0.15, 0.2) is 11.8 Å². The van der Waals surface area contributed by atoms with Crippen molar-refractivity contribution in [3.05, 3.63) is 80.4 Å². The Hall–Kier alpha value is -3.04. The molecule has 1 N–H and O–H groups in total. The molecule has 0 unspecified atom stereocenters. The van der Waals surface area contributed by atoms with Crippen LogP contribution in [-0.2, 0) is 14.3 Å².